The molecule has 4 N–H and O–H groups in total. The predicted molar refractivity (Wildman–Crippen MR) is 71.6 cm³/mol. The van der Waals surface area contributed by atoms with E-state index < -0.39 is 5.91 Å². The fraction of sp³-hybridized carbons (Fsp3) is 0.462. The van der Waals surface area contributed by atoms with E-state index in [9.17, 15) is 4.79 Å². The Morgan fingerprint density at radius 3 is 2.94 bits per heavy atom. The first-order valence-electron chi connectivity index (χ1n) is 6.17. The second-order valence-corrected chi connectivity index (χ2v) is 4.48. The van der Waals surface area contributed by atoms with E-state index in [4.69, 9.17) is 16.2 Å². The Balaban J connectivity index is 2.20. The lowest BCUT2D eigenvalue weighted by molar-refractivity contribution is 0.0385. The molecular formula is C13H19N3O2. The molecule has 1 atom stereocenters. The number of amides is 1. The van der Waals surface area contributed by atoms with Crippen LogP contribution in [-0.4, -0.2) is 31.7 Å². The molecule has 2 rings (SSSR count). The third kappa shape index (κ3) is 2.56. The lowest BCUT2D eigenvalue weighted by Gasteiger charge is -2.34. The number of hydrogen-bond acceptors (Lipinski definition) is 4. The van der Waals surface area contributed by atoms with Gasteiger partial charge < -0.3 is 21.1 Å². The van der Waals surface area contributed by atoms with Crippen molar-refractivity contribution in [2.24, 2.45) is 5.73 Å². The van der Waals surface area contributed by atoms with Crippen LogP contribution in [0.15, 0.2) is 18.2 Å². The van der Waals surface area contributed by atoms with Crippen molar-refractivity contribution < 1.29 is 9.53 Å². The Morgan fingerprint density at radius 2 is 2.33 bits per heavy atom. The summed E-state index contributed by atoms with van der Waals surface area (Å²) in [7, 11) is 0. The summed E-state index contributed by atoms with van der Waals surface area (Å²) in [6.45, 7) is 4.45. The maximum absolute atomic E-state index is 11.1. The zero-order valence-electron chi connectivity index (χ0n) is 10.6. The molecular weight excluding hydrogens is 230 g/mol. The molecule has 1 heterocycles. The van der Waals surface area contributed by atoms with Crippen molar-refractivity contribution >= 4 is 17.3 Å². The molecule has 0 radical (unpaired) electrons. The number of benzene rings is 1. The number of carbonyl (C=O) groups is 1. The first-order chi connectivity index (χ1) is 8.61. The van der Waals surface area contributed by atoms with Gasteiger partial charge in [-0.3, -0.25) is 4.79 Å². The Kier molecular flexibility index (Phi) is 3.72. The molecule has 5 heteroatoms. The normalized spacial score (nSPS) is 19.8. The summed E-state index contributed by atoms with van der Waals surface area (Å²) in [5.74, 6) is -0.457. The minimum absolute atomic E-state index is 0.244. The molecule has 0 spiro atoms. The van der Waals surface area contributed by atoms with E-state index >= 15 is 0 Å². The van der Waals surface area contributed by atoms with E-state index in [-0.39, 0.29) is 6.10 Å². The van der Waals surface area contributed by atoms with Crippen LogP contribution in [-0.2, 0) is 4.74 Å². The molecule has 1 aromatic carbocycles. The molecule has 1 aliphatic rings. The molecule has 0 aliphatic carbocycles. The van der Waals surface area contributed by atoms with Gasteiger partial charge in [0.05, 0.1) is 24.1 Å². The maximum Gasteiger partial charge on any atom is 0.248 e. The van der Waals surface area contributed by atoms with Crippen molar-refractivity contribution in [2.75, 3.05) is 30.3 Å². The standard InChI is InChI=1S/C13H19N3O2/c1-2-10-8-16(5-6-18-10)12-4-3-9(13(15)17)7-11(12)14/h3-4,7,10H,2,5-6,8,14H2,1H3,(H2,15,17). The molecule has 5 nitrogen and oxygen atoms in total. The van der Waals surface area contributed by atoms with Crippen molar-refractivity contribution in [1.29, 1.82) is 0 Å². The number of nitrogens with zero attached hydrogens (tertiary/aromatic N) is 1. The Bertz CT molecular complexity index is 448. The summed E-state index contributed by atoms with van der Waals surface area (Å²) in [5, 5.41) is 0. The van der Waals surface area contributed by atoms with Crippen molar-refractivity contribution in [3.8, 4) is 0 Å². The lowest BCUT2D eigenvalue weighted by atomic mass is 10.1. The number of anilines is 2. The molecule has 1 fully saturated rings. The number of hydrogen-bond donors (Lipinski definition) is 2. The number of rotatable bonds is 3. The summed E-state index contributed by atoms with van der Waals surface area (Å²) >= 11 is 0. The number of carbonyl (C=O) groups excluding carboxylic acids is 1. The Labute approximate surface area is 107 Å². The van der Waals surface area contributed by atoms with E-state index in [0.717, 1.165) is 25.2 Å². The second-order valence-electron chi connectivity index (χ2n) is 4.48. The van der Waals surface area contributed by atoms with Gasteiger partial charge in [0.15, 0.2) is 0 Å². The van der Waals surface area contributed by atoms with E-state index in [1.807, 2.05) is 6.07 Å². The minimum Gasteiger partial charge on any atom is -0.397 e. The van der Waals surface area contributed by atoms with Crippen LogP contribution in [0.2, 0.25) is 0 Å². The van der Waals surface area contributed by atoms with E-state index in [2.05, 4.69) is 11.8 Å². The van der Waals surface area contributed by atoms with Crippen LogP contribution < -0.4 is 16.4 Å². The van der Waals surface area contributed by atoms with Gasteiger partial charge in [-0.05, 0) is 24.6 Å². The largest absolute Gasteiger partial charge is 0.397 e. The van der Waals surface area contributed by atoms with Crippen LogP contribution in [0.5, 0.6) is 0 Å². The van der Waals surface area contributed by atoms with Gasteiger partial charge in [-0.15, -0.1) is 0 Å². The highest BCUT2D eigenvalue weighted by Crippen LogP contribution is 2.26. The van der Waals surface area contributed by atoms with Crippen LogP contribution in [0.4, 0.5) is 11.4 Å². The third-order valence-electron chi connectivity index (χ3n) is 3.25. The average molecular weight is 249 g/mol. The fourth-order valence-corrected chi connectivity index (χ4v) is 2.18. The zero-order valence-corrected chi connectivity index (χ0v) is 10.6. The monoisotopic (exact) mass is 249 g/mol. The number of nitrogens with two attached hydrogens (primary N) is 2. The van der Waals surface area contributed by atoms with E-state index in [0.29, 0.717) is 17.9 Å². The summed E-state index contributed by atoms with van der Waals surface area (Å²) in [4.78, 5) is 13.3. The lowest BCUT2D eigenvalue weighted by Crippen LogP contribution is -2.42. The highest BCUT2D eigenvalue weighted by molar-refractivity contribution is 5.94. The number of morpholine rings is 1. The van der Waals surface area contributed by atoms with Gasteiger partial charge in [-0.25, -0.2) is 0 Å². The highest BCUT2D eigenvalue weighted by atomic mass is 16.5. The van der Waals surface area contributed by atoms with Gasteiger partial charge in [0.1, 0.15) is 0 Å². The van der Waals surface area contributed by atoms with Crippen LogP contribution in [0.25, 0.3) is 0 Å². The third-order valence-corrected chi connectivity index (χ3v) is 3.25. The smallest absolute Gasteiger partial charge is 0.248 e. The van der Waals surface area contributed by atoms with Gasteiger partial charge in [-0.2, -0.15) is 0 Å². The molecule has 1 saturated heterocycles. The summed E-state index contributed by atoms with van der Waals surface area (Å²) in [5.41, 5.74) is 13.2. The number of ether oxygens (including phenoxy) is 1. The molecule has 0 saturated carbocycles. The van der Waals surface area contributed by atoms with Crippen LogP contribution in [0.1, 0.15) is 23.7 Å². The molecule has 1 aromatic rings. The van der Waals surface area contributed by atoms with Gasteiger partial charge in [0, 0.05) is 18.7 Å². The Morgan fingerprint density at radius 1 is 1.56 bits per heavy atom. The van der Waals surface area contributed by atoms with E-state index in [1.165, 1.54) is 0 Å². The van der Waals surface area contributed by atoms with Crippen molar-refractivity contribution in [2.45, 2.75) is 19.4 Å². The number of nitrogen functional groups attached to an aromatic ring is 1. The average Bonchev–Trinajstić information content (AvgIpc) is 2.38. The summed E-state index contributed by atoms with van der Waals surface area (Å²) in [6, 6.07) is 5.20. The zero-order chi connectivity index (χ0) is 13.1. The summed E-state index contributed by atoms with van der Waals surface area (Å²) < 4.78 is 5.62. The van der Waals surface area contributed by atoms with Crippen molar-refractivity contribution in [3.63, 3.8) is 0 Å². The molecule has 0 aromatic heterocycles. The van der Waals surface area contributed by atoms with Crippen molar-refractivity contribution in [3.05, 3.63) is 23.8 Å². The maximum atomic E-state index is 11.1. The van der Waals surface area contributed by atoms with Crippen LogP contribution >= 0.6 is 0 Å². The molecule has 18 heavy (non-hydrogen) atoms. The van der Waals surface area contributed by atoms with E-state index in [1.54, 1.807) is 12.1 Å². The second kappa shape index (κ2) is 5.27. The molecule has 0 bridgehead atoms. The molecule has 1 amide bonds. The van der Waals surface area contributed by atoms with Gasteiger partial charge in [0.25, 0.3) is 0 Å². The van der Waals surface area contributed by atoms with Gasteiger partial charge in [0.2, 0.25) is 5.91 Å². The SMILES string of the molecule is CCC1CN(c2ccc(C(N)=O)cc2N)CCO1. The van der Waals surface area contributed by atoms with Crippen LogP contribution in [0, 0.1) is 0 Å². The summed E-state index contributed by atoms with van der Waals surface area (Å²) in [6.07, 6.45) is 1.23. The predicted octanol–water partition coefficient (Wildman–Crippen LogP) is 0.983. The molecule has 1 unspecified atom stereocenters. The molecule has 98 valence electrons. The quantitative estimate of drug-likeness (QED) is 0.782. The first kappa shape index (κ1) is 12.7. The topological polar surface area (TPSA) is 81.6 Å². The van der Waals surface area contributed by atoms with Crippen LogP contribution in [0.3, 0.4) is 0 Å². The highest BCUT2D eigenvalue weighted by Gasteiger charge is 2.20. The number of primary amides is 1. The first-order valence-corrected chi connectivity index (χ1v) is 6.17. The van der Waals surface area contributed by atoms with Gasteiger partial charge in [-0.1, -0.05) is 6.92 Å². The minimum atomic E-state index is -0.457. The fourth-order valence-electron chi connectivity index (χ4n) is 2.18. The Hall–Kier alpha value is -1.75. The van der Waals surface area contributed by atoms with Crippen molar-refractivity contribution in [1.82, 2.24) is 0 Å². The molecule has 1 aliphatic heterocycles. The van der Waals surface area contributed by atoms with Gasteiger partial charge >= 0.3 is 0 Å².